The molecule has 8 nitrogen and oxygen atoms in total. The van der Waals surface area contributed by atoms with Crippen LogP contribution in [-0.2, 0) is 28.6 Å². The largest absolute Gasteiger partial charge is 0.477 e. The van der Waals surface area contributed by atoms with E-state index in [1.807, 2.05) is 81.9 Å². The normalized spacial score (nSPS) is 13.7. The zero-order valence-electron chi connectivity index (χ0n) is 38.9. The second kappa shape index (κ2) is 42.2. The van der Waals surface area contributed by atoms with Gasteiger partial charge in [0, 0.05) is 19.3 Å². The van der Waals surface area contributed by atoms with Crippen molar-refractivity contribution in [3.8, 4) is 0 Å². The van der Waals surface area contributed by atoms with E-state index in [1.165, 1.54) is 89.9 Å². The zero-order chi connectivity index (χ0) is 44.2. The minimum atomic E-state index is -0.885. The molecule has 0 aromatic carbocycles. The maximum absolute atomic E-state index is 12.8. The topological polar surface area (TPSA) is 99.1 Å². The monoisotopic (exact) mass is 839 g/mol. The van der Waals surface area contributed by atoms with E-state index in [0.29, 0.717) is 19.3 Å². The van der Waals surface area contributed by atoms with Gasteiger partial charge >= 0.3 is 17.9 Å². The lowest BCUT2D eigenvalue weighted by Crippen LogP contribution is -2.50. The number of rotatable bonds is 41. The molecule has 0 aromatic rings. The molecule has 0 saturated heterocycles. The number of hydrogen-bond acceptors (Lipinski definition) is 6. The van der Waals surface area contributed by atoms with Crippen LogP contribution in [0.15, 0.2) is 85.1 Å². The number of carbonyl (C=O) groups is 3. The number of unbranched alkanes of at least 4 members (excludes halogenated alkanes) is 18. The van der Waals surface area contributed by atoms with Gasteiger partial charge in [-0.05, 0) is 57.8 Å². The van der Waals surface area contributed by atoms with Crippen LogP contribution in [0, 0.1) is 0 Å². The van der Waals surface area contributed by atoms with Gasteiger partial charge in [0.25, 0.3) is 0 Å². The summed E-state index contributed by atoms with van der Waals surface area (Å²) in [5.41, 5.74) is 0. The number of aliphatic carboxylic acids is 1. The molecular weight excluding hydrogens is 751 g/mol. The Hall–Kier alpha value is -3.49. The van der Waals surface area contributed by atoms with Gasteiger partial charge in [-0.2, -0.15) is 0 Å². The second-order valence-electron chi connectivity index (χ2n) is 16.8. The first-order valence-electron chi connectivity index (χ1n) is 23.7. The first kappa shape index (κ1) is 56.5. The summed E-state index contributed by atoms with van der Waals surface area (Å²) in [6.07, 6.45) is 54.8. The van der Waals surface area contributed by atoms with E-state index in [1.54, 1.807) is 0 Å². The van der Waals surface area contributed by atoms with Crippen molar-refractivity contribution in [3.05, 3.63) is 85.1 Å². The number of quaternary nitrogens is 1. The maximum Gasteiger partial charge on any atom is 0.362 e. The van der Waals surface area contributed by atoms with E-state index in [0.717, 1.165) is 51.4 Å². The highest BCUT2D eigenvalue weighted by atomic mass is 16.6. The van der Waals surface area contributed by atoms with E-state index < -0.39 is 18.1 Å². The Morgan fingerprint density at radius 2 is 0.950 bits per heavy atom. The molecule has 60 heavy (non-hydrogen) atoms. The van der Waals surface area contributed by atoms with Gasteiger partial charge in [0.05, 0.1) is 34.4 Å². The van der Waals surface area contributed by atoms with Gasteiger partial charge in [-0.15, -0.1) is 0 Å². The summed E-state index contributed by atoms with van der Waals surface area (Å²) >= 11 is 0. The van der Waals surface area contributed by atoms with Crippen LogP contribution in [0.1, 0.15) is 174 Å². The van der Waals surface area contributed by atoms with Crippen molar-refractivity contribution in [2.24, 2.45) is 0 Å². The molecule has 0 bridgehead atoms. The molecule has 0 amide bonds. The third kappa shape index (κ3) is 39.9. The molecule has 342 valence electrons. The predicted molar refractivity (Wildman–Crippen MR) is 252 cm³/mol. The molecule has 8 heteroatoms. The highest BCUT2D eigenvalue weighted by Gasteiger charge is 2.31. The number of carbonyl (C=O) groups excluding carboxylic acids is 2. The second-order valence-corrected chi connectivity index (χ2v) is 16.8. The fourth-order valence-electron chi connectivity index (χ4n) is 6.53. The Kier molecular flexibility index (Phi) is 39.8. The molecule has 1 N–H and O–H groups in total. The van der Waals surface area contributed by atoms with Gasteiger partial charge in [-0.25, -0.2) is 4.79 Å². The average molecular weight is 839 g/mol. The Morgan fingerprint density at radius 1 is 0.517 bits per heavy atom. The van der Waals surface area contributed by atoms with Crippen LogP contribution >= 0.6 is 0 Å². The van der Waals surface area contributed by atoms with Gasteiger partial charge in [-0.3, -0.25) is 9.59 Å². The molecule has 0 fully saturated rings. The summed E-state index contributed by atoms with van der Waals surface area (Å²) in [5, 5.41) is 9.64. The highest BCUT2D eigenvalue weighted by Crippen LogP contribution is 2.14. The molecule has 0 heterocycles. The Balaban J connectivity index is 4.40. The standard InChI is InChI=1S/C52H87NO7/c1-6-8-10-12-14-16-18-20-22-24-25-27-29-31-33-35-37-39-41-43-51(55)60-48(46-58-45-44-49(52(56)57)53(3,4)5)47-59-50(54)42-40-38-36-34-32-30-28-26-23-21-19-17-15-13-11-9-7-2/h9,11,13,15,17,19,21,23-26,28,30,32,48-49H,6-8,10,12,14,16,18,20,22,27,29,31,33-47H2,1-5H3/p+1/b11-9+,15-13+,19-17+,23-21+,25-24+,28-26+,32-30+. The summed E-state index contributed by atoms with van der Waals surface area (Å²) in [4.78, 5) is 37.1. The van der Waals surface area contributed by atoms with Crippen molar-refractivity contribution in [1.82, 2.24) is 0 Å². The molecule has 2 unspecified atom stereocenters. The molecule has 0 aliphatic rings. The molecule has 0 saturated carbocycles. The van der Waals surface area contributed by atoms with Crippen molar-refractivity contribution in [2.45, 2.75) is 187 Å². The number of carboxylic acid groups (broad SMARTS) is 1. The van der Waals surface area contributed by atoms with Crippen molar-refractivity contribution in [1.29, 1.82) is 0 Å². The Morgan fingerprint density at radius 3 is 1.45 bits per heavy atom. The van der Waals surface area contributed by atoms with Gasteiger partial charge in [-0.1, -0.05) is 182 Å². The molecule has 0 rings (SSSR count). The highest BCUT2D eigenvalue weighted by molar-refractivity contribution is 5.72. The zero-order valence-corrected chi connectivity index (χ0v) is 38.9. The van der Waals surface area contributed by atoms with Crippen molar-refractivity contribution in [3.63, 3.8) is 0 Å². The molecule has 2 atom stereocenters. The Bertz CT molecular complexity index is 1250. The van der Waals surface area contributed by atoms with Gasteiger partial charge in [0.1, 0.15) is 6.61 Å². The number of carboxylic acids is 1. The first-order valence-corrected chi connectivity index (χ1v) is 23.7. The number of esters is 2. The molecule has 0 aliphatic carbocycles. The van der Waals surface area contributed by atoms with Gasteiger partial charge < -0.3 is 23.8 Å². The lowest BCUT2D eigenvalue weighted by molar-refractivity contribution is -0.887. The SMILES string of the molecule is CC/C=C/C=C/C=C/C=C/C=C/C=C/CCCCCC(=O)OCC(COCCC(C(=O)O)[N+](C)(C)C)OC(=O)CCCCCCCCC/C=C/CCCCCCCCCC. The van der Waals surface area contributed by atoms with E-state index in [-0.39, 0.29) is 36.2 Å². The van der Waals surface area contributed by atoms with Crippen molar-refractivity contribution >= 4 is 17.9 Å². The van der Waals surface area contributed by atoms with Gasteiger partial charge in [0.15, 0.2) is 12.1 Å². The fraction of sp³-hybridized carbons (Fsp3) is 0.673. The van der Waals surface area contributed by atoms with E-state index in [4.69, 9.17) is 14.2 Å². The summed E-state index contributed by atoms with van der Waals surface area (Å²) in [6.45, 7) is 4.53. The van der Waals surface area contributed by atoms with Crippen LogP contribution in [0.25, 0.3) is 0 Å². The lowest BCUT2D eigenvalue weighted by atomic mass is 10.1. The summed E-state index contributed by atoms with van der Waals surface area (Å²) in [7, 11) is 5.51. The van der Waals surface area contributed by atoms with Gasteiger partial charge in [0.2, 0.25) is 0 Å². The van der Waals surface area contributed by atoms with Crippen LogP contribution in [0.4, 0.5) is 0 Å². The smallest absolute Gasteiger partial charge is 0.362 e. The van der Waals surface area contributed by atoms with Crippen molar-refractivity contribution < 1.29 is 38.2 Å². The predicted octanol–water partition coefficient (Wildman–Crippen LogP) is 13.3. The van der Waals surface area contributed by atoms with E-state index in [2.05, 4.69) is 38.2 Å². The van der Waals surface area contributed by atoms with Crippen molar-refractivity contribution in [2.75, 3.05) is 41.0 Å². The lowest BCUT2D eigenvalue weighted by Gasteiger charge is -2.31. The number of allylic oxidation sites excluding steroid dienone is 14. The average Bonchev–Trinajstić information content (AvgIpc) is 3.21. The van der Waals surface area contributed by atoms with E-state index in [9.17, 15) is 19.5 Å². The van der Waals surface area contributed by atoms with Crippen LogP contribution in [-0.4, -0.2) is 80.6 Å². The summed E-state index contributed by atoms with van der Waals surface area (Å²) < 4.78 is 17.3. The van der Waals surface area contributed by atoms with Crippen LogP contribution < -0.4 is 0 Å². The third-order valence-corrected chi connectivity index (χ3v) is 10.2. The number of ether oxygens (including phenoxy) is 3. The third-order valence-electron chi connectivity index (χ3n) is 10.2. The molecule has 0 aliphatic heterocycles. The van der Waals surface area contributed by atoms with Crippen LogP contribution in [0.5, 0.6) is 0 Å². The first-order chi connectivity index (χ1) is 29.1. The number of hydrogen-bond donors (Lipinski definition) is 1. The maximum atomic E-state index is 12.8. The fourth-order valence-corrected chi connectivity index (χ4v) is 6.53. The Labute approximate surface area is 367 Å². The van der Waals surface area contributed by atoms with Crippen LogP contribution in [0.2, 0.25) is 0 Å². The minimum Gasteiger partial charge on any atom is -0.477 e. The molecule has 0 aromatic heterocycles. The quantitative estimate of drug-likeness (QED) is 0.0215. The molecule has 0 radical (unpaired) electrons. The van der Waals surface area contributed by atoms with Crippen LogP contribution in [0.3, 0.4) is 0 Å². The number of likely N-dealkylation sites (N-methyl/N-ethyl adjacent to an activating group) is 1. The number of nitrogens with zero attached hydrogens (tertiary/aromatic N) is 1. The molecule has 0 spiro atoms. The minimum absolute atomic E-state index is 0.0401. The molecular formula is C52H88NO7+. The van der Waals surface area contributed by atoms with E-state index >= 15 is 0 Å². The summed E-state index contributed by atoms with van der Waals surface area (Å²) in [5.74, 6) is -1.54. The summed E-state index contributed by atoms with van der Waals surface area (Å²) in [6, 6.07) is -0.627.